The molecule has 0 aliphatic heterocycles. The van der Waals surface area contributed by atoms with Gasteiger partial charge < -0.3 is 15.7 Å². The van der Waals surface area contributed by atoms with Crippen molar-refractivity contribution in [3.63, 3.8) is 0 Å². The van der Waals surface area contributed by atoms with E-state index in [-0.39, 0.29) is 56.3 Å². The third-order valence-electron chi connectivity index (χ3n) is 7.72. The van der Waals surface area contributed by atoms with Crippen molar-refractivity contribution in [2.24, 2.45) is 10.2 Å². The zero-order valence-corrected chi connectivity index (χ0v) is 30.2. The van der Waals surface area contributed by atoms with Crippen molar-refractivity contribution >= 4 is 94.2 Å². The molecule has 0 atom stereocenters. The Hall–Kier alpha value is -5.43. The number of fused-ring (bicyclic) bond motifs is 2. The van der Waals surface area contributed by atoms with Crippen LogP contribution < -0.4 is 10.6 Å². The predicted molar refractivity (Wildman–Crippen MR) is 193 cm³/mol. The summed E-state index contributed by atoms with van der Waals surface area (Å²) >= 11 is 6.02. The van der Waals surface area contributed by atoms with Crippen LogP contribution in [0, 0.1) is 12.0 Å². The highest BCUT2D eigenvalue weighted by Crippen LogP contribution is 2.48. The number of carbonyl (C=O) groups excluding carboxylic acids is 1. The van der Waals surface area contributed by atoms with Crippen LogP contribution in [0.2, 0.25) is 5.02 Å². The molecule has 0 unspecified atom stereocenters. The number of phenols is 1. The fraction of sp³-hybridized carbons (Fsp3) is 0.0312. The molecule has 6 rings (SSSR count). The smallest absolute Gasteiger partial charge is 0.313 e. The summed E-state index contributed by atoms with van der Waals surface area (Å²) < 4.78 is 103. The number of amides is 1. The number of hydrogen-bond donors (Lipinski definition) is 6. The summed E-state index contributed by atoms with van der Waals surface area (Å²) in [4.78, 5) is 17.6. The van der Waals surface area contributed by atoms with Gasteiger partial charge >= 0.3 is 6.08 Å². The Morgan fingerprint density at radius 2 is 1.64 bits per heavy atom. The zero-order chi connectivity index (χ0) is 39.7. The fourth-order valence-electron chi connectivity index (χ4n) is 5.44. The molecule has 0 fully saturated rings. The Balaban J connectivity index is 1.50. The SMILES string of the molecule is O=C(Nc1ccc(S(=O)(=O)O)c2cc(SOOO)c(N=Nc3ccc4c(CNc5nc(F)nc(F)c5Cl)cccc4c3S(=O)(=O)O)c(O)c12)c1ccccc1. The van der Waals surface area contributed by atoms with Crippen molar-refractivity contribution in [1.29, 1.82) is 0 Å². The molecule has 0 radical (unpaired) electrons. The minimum absolute atomic E-state index is 0.0950. The van der Waals surface area contributed by atoms with Crippen LogP contribution in [0.15, 0.2) is 104 Å². The summed E-state index contributed by atoms with van der Waals surface area (Å²) in [5, 5.41) is 36.0. The number of nitrogens with one attached hydrogen (secondary N) is 2. The molecule has 0 aliphatic rings. The second kappa shape index (κ2) is 15.7. The Kier molecular flexibility index (Phi) is 11.2. The van der Waals surface area contributed by atoms with Gasteiger partial charge in [-0.2, -0.15) is 35.6 Å². The van der Waals surface area contributed by atoms with Crippen LogP contribution in [-0.4, -0.2) is 52.2 Å². The second-order valence-electron chi connectivity index (χ2n) is 11.0. The summed E-state index contributed by atoms with van der Waals surface area (Å²) in [6, 6.07) is 17.6. The number of azo groups is 1. The zero-order valence-electron chi connectivity index (χ0n) is 27.0. The number of phenolic OH excluding ortho intramolecular Hbond substituents is 1. The van der Waals surface area contributed by atoms with Crippen LogP contribution in [0.1, 0.15) is 15.9 Å². The summed E-state index contributed by atoms with van der Waals surface area (Å²) in [5.41, 5.74) is -0.684. The molecule has 1 heterocycles. The maximum absolute atomic E-state index is 13.9. The molecule has 0 bridgehead atoms. The number of benzene rings is 5. The van der Waals surface area contributed by atoms with E-state index in [0.717, 1.165) is 24.3 Å². The van der Waals surface area contributed by atoms with Crippen LogP contribution in [0.5, 0.6) is 5.75 Å². The van der Waals surface area contributed by atoms with E-state index in [0.29, 0.717) is 5.56 Å². The monoisotopic (exact) mass is 834 g/mol. The van der Waals surface area contributed by atoms with Crippen LogP contribution in [0.4, 0.5) is 31.7 Å². The summed E-state index contributed by atoms with van der Waals surface area (Å²) in [6.07, 6.45) is -1.40. The number of carbonyl (C=O) groups is 1. The molecule has 1 aromatic heterocycles. The first-order valence-electron chi connectivity index (χ1n) is 15.0. The lowest BCUT2D eigenvalue weighted by molar-refractivity contribution is -0.432. The first kappa shape index (κ1) is 39.3. The van der Waals surface area contributed by atoms with Crippen LogP contribution in [0.3, 0.4) is 0 Å². The number of aromatic hydroxyl groups is 1. The van der Waals surface area contributed by atoms with Crippen molar-refractivity contribution in [3.05, 3.63) is 107 Å². The third-order valence-corrected chi connectivity index (χ3v) is 10.5. The summed E-state index contributed by atoms with van der Waals surface area (Å²) in [5.74, 6) is -3.27. The highest BCUT2D eigenvalue weighted by molar-refractivity contribution is 7.94. The summed E-state index contributed by atoms with van der Waals surface area (Å²) in [6.45, 7) is -0.202. The number of halogens is 3. The number of hydrogen-bond acceptors (Lipinski definition) is 15. The standard InChI is InChI=1S/C32H21ClF2N6O11S3/c33-25-29(34)38-32(35)39-30(25)36-14-16-7-4-8-18-17(16)9-10-21(28(18)55(48,49)50)40-41-26-22(53-52-51-44)13-19-23(54(45,46)47)12-11-20(24(19)27(26)42)37-31(43)15-5-2-1-3-6-15/h1-13,42,44H,14H2,(H,37,43)(H,36,38,39)(H,45,46,47)(H,48,49,50). The first-order valence-corrected chi connectivity index (χ1v) is 19.0. The number of nitrogens with zero attached hydrogens (tertiary/aromatic N) is 4. The van der Waals surface area contributed by atoms with E-state index in [1.165, 1.54) is 36.4 Å². The van der Waals surface area contributed by atoms with Crippen LogP contribution >= 0.6 is 23.6 Å². The highest BCUT2D eigenvalue weighted by Gasteiger charge is 2.26. The Morgan fingerprint density at radius 1 is 0.891 bits per heavy atom. The average Bonchev–Trinajstić information content (AvgIpc) is 3.13. The topological polar surface area (TPSA) is 259 Å². The van der Waals surface area contributed by atoms with Crippen molar-refractivity contribution in [1.82, 2.24) is 9.97 Å². The number of rotatable bonds is 12. The van der Waals surface area contributed by atoms with Crippen molar-refractivity contribution in [3.8, 4) is 5.75 Å². The van der Waals surface area contributed by atoms with Gasteiger partial charge in [0.15, 0.2) is 11.6 Å². The van der Waals surface area contributed by atoms with Gasteiger partial charge in [0.05, 0.1) is 28.0 Å². The van der Waals surface area contributed by atoms with Gasteiger partial charge in [0.1, 0.15) is 26.2 Å². The van der Waals surface area contributed by atoms with Gasteiger partial charge in [0, 0.05) is 22.9 Å². The van der Waals surface area contributed by atoms with Crippen molar-refractivity contribution < 1.29 is 59.3 Å². The molecule has 1 amide bonds. The van der Waals surface area contributed by atoms with Gasteiger partial charge in [-0.05, 0) is 47.3 Å². The van der Waals surface area contributed by atoms with Crippen molar-refractivity contribution in [2.45, 2.75) is 21.2 Å². The molecule has 17 nitrogen and oxygen atoms in total. The molecule has 6 N–H and O–H groups in total. The molecule has 0 saturated heterocycles. The maximum Gasteiger partial charge on any atom is 0.313 e. The molecule has 0 aliphatic carbocycles. The van der Waals surface area contributed by atoms with Crippen LogP contribution in [-0.2, 0) is 36.2 Å². The maximum atomic E-state index is 13.9. The first-order chi connectivity index (χ1) is 26.1. The molecule has 0 saturated carbocycles. The quantitative estimate of drug-likeness (QED) is 0.0132. The van der Waals surface area contributed by atoms with Gasteiger partial charge in [-0.15, -0.1) is 14.6 Å². The number of aromatic nitrogens is 2. The molecule has 284 valence electrons. The Bertz CT molecular complexity index is 2770. The molecule has 0 spiro atoms. The largest absolute Gasteiger partial charge is 0.505 e. The number of anilines is 2. The third kappa shape index (κ3) is 8.31. The normalized spacial score (nSPS) is 12.1. The van der Waals surface area contributed by atoms with Gasteiger partial charge in [0.25, 0.3) is 26.1 Å². The van der Waals surface area contributed by atoms with E-state index in [2.05, 4.69) is 40.2 Å². The Labute approximate surface area is 317 Å². The molecule has 5 aromatic carbocycles. The lowest BCUT2D eigenvalue weighted by Gasteiger charge is -2.16. The van der Waals surface area contributed by atoms with E-state index in [1.54, 1.807) is 18.2 Å². The minimum Gasteiger partial charge on any atom is -0.505 e. The van der Waals surface area contributed by atoms with E-state index < -0.39 is 75.9 Å². The molecule has 6 aromatic rings. The van der Waals surface area contributed by atoms with E-state index in [9.17, 15) is 44.6 Å². The van der Waals surface area contributed by atoms with Gasteiger partial charge in [-0.3, -0.25) is 13.9 Å². The Morgan fingerprint density at radius 3 is 2.33 bits per heavy atom. The van der Waals surface area contributed by atoms with E-state index >= 15 is 0 Å². The minimum atomic E-state index is -5.11. The van der Waals surface area contributed by atoms with E-state index in [4.69, 9.17) is 16.9 Å². The summed E-state index contributed by atoms with van der Waals surface area (Å²) in [7, 11) is -10.1. The fourth-order valence-corrected chi connectivity index (χ4v) is 7.59. The average molecular weight is 835 g/mol. The molecular formula is C32H21ClF2N6O11S3. The van der Waals surface area contributed by atoms with Gasteiger partial charge in [-0.1, -0.05) is 59.1 Å². The van der Waals surface area contributed by atoms with Gasteiger partial charge in [-0.25, -0.2) is 5.26 Å². The molecule has 23 heteroatoms. The van der Waals surface area contributed by atoms with Crippen molar-refractivity contribution in [2.75, 3.05) is 10.6 Å². The predicted octanol–water partition coefficient (Wildman–Crippen LogP) is 7.62. The second-order valence-corrected chi connectivity index (χ2v) is 14.9. The highest BCUT2D eigenvalue weighted by atomic mass is 35.5. The van der Waals surface area contributed by atoms with Crippen LogP contribution in [0.25, 0.3) is 21.5 Å². The van der Waals surface area contributed by atoms with E-state index in [1.807, 2.05) is 0 Å². The lowest BCUT2D eigenvalue weighted by atomic mass is 10.0. The molecular weight excluding hydrogens is 814 g/mol. The molecule has 55 heavy (non-hydrogen) atoms. The van der Waals surface area contributed by atoms with Gasteiger partial charge in [0.2, 0.25) is 5.95 Å². The lowest BCUT2D eigenvalue weighted by Crippen LogP contribution is -2.12.